The quantitative estimate of drug-likeness (QED) is 0.296. The molecule has 0 aliphatic heterocycles. The molecule has 11 heteroatoms. The fourth-order valence-electron chi connectivity index (χ4n) is 3.08. The number of hydrogen-bond donors (Lipinski definition) is 2. The second-order valence-corrected chi connectivity index (χ2v) is 8.98. The van der Waals surface area contributed by atoms with Crippen molar-refractivity contribution in [1.82, 2.24) is 5.32 Å². The van der Waals surface area contributed by atoms with Crippen LogP contribution in [0.2, 0.25) is 0 Å². The molecule has 0 atom stereocenters. The number of rotatable bonds is 7. The number of carbonyl (C=O) groups excluding carboxylic acids is 1. The molecule has 0 bridgehead atoms. The second-order valence-electron chi connectivity index (χ2n) is 6.71. The smallest absolute Gasteiger partial charge is 0.282 e. The van der Waals surface area contributed by atoms with Crippen LogP contribution in [0, 0.1) is 10.1 Å². The van der Waals surface area contributed by atoms with Crippen LogP contribution in [-0.2, 0) is 10.0 Å². The Hall–Kier alpha value is -3.83. The molecule has 2 N–H and O–H groups in total. The molecule has 33 heavy (non-hydrogen) atoms. The first-order valence-corrected chi connectivity index (χ1v) is 11.6. The van der Waals surface area contributed by atoms with Gasteiger partial charge >= 0.3 is 0 Å². The van der Waals surface area contributed by atoms with Gasteiger partial charge in [0.1, 0.15) is 5.56 Å². The molecule has 0 spiro atoms. The molecule has 0 aromatic heterocycles. The maximum absolute atomic E-state index is 13.1. The molecule has 3 aromatic rings. The summed E-state index contributed by atoms with van der Waals surface area (Å²) in [6, 6.07) is 20.1. The van der Waals surface area contributed by atoms with Crippen LogP contribution in [0.1, 0.15) is 17.3 Å². The van der Waals surface area contributed by atoms with E-state index in [9.17, 15) is 23.3 Å². The van der Waals surface area contributed by atoms with E-state index < -0.39 is 20.9 Å². The topological polar surface area (TPSA) is 122 Å². The highest BCUT2D eigenvalue weighted by Crippen LogP contribution is 2.24. The van der Waals surface area contributed by atoms with Crippen molar-refractivity contribution in [2.75, 3.05) is 16.2 Å². The van der Waals surface area contributed by atoms with E-state index in [0.717, 1.165) is 0 Å². The van der Waals surface area contributed by atoms with E-state index in [-0.39, 0.29) is 27.8 Å². The first kappa shape index (κ1) is 23.8. The minimum absolute atomic E-state index is 0.0896. The fraction of sp³-hybridized carbons (Fsp3) is 0.0909. The van der Waals surface area contributed by atoms with Crippen LogP contribution < -0.4 is 14.9 Å². The van der Waals surface area contributed by atoms with Gasteiger partial charge in [-0.2, -0.15) is 0 Å². The molecule has 0 heterocycles. The highest BCUT2D eigenvalue weighted by atomic mass is 32.2. The minimum Gasteiger partial charge on any atom is -0.332 e. The van der Waals surface area contributed by atoms with Gasteiger partial charge in [0.15, 0.2) is 5.11 Å². The number of nitro groups is 1. The van der Waals surface area contributed by atoms with Gasteiger partial charge in [-0.25, -0.2) is 8.42 Å². The molecule has 0 aliphatic rings. The Morgan fingerprint density at radius 2 is 1.61 bits per heavy atom. The van der Waals surface area contributed by atoms with Crippen molar-refractivity contribution in [3.63, 3.8) is 0 Å². The number of amides is 1. The Balaban J connectivity index is 1.71. The Kier molecular flexibility index (Phi) is 7.36. The Labute approximate surface area is 196 Å². The largest absolute Gasteiger partial charge is 0.332 e. The number of nitrogens with one attached hydrogen (secondary N) is 2. The van der Waals surface area contributed by atoms with Gasteiger partial charge in [0.2, 0.25) is 0 Å². The standard InChI is InChI=1S/C22H20N4O5S2/c1-2-25(17-8-4-3-5-9-17)33(30,31)18-14-12-16(13-15-18)23-22(32)24-21(27)19-10-6-7-11-20(19)26(28)29/h3-15H,2H2,1H3,(H2,23,24,27,32). The molecule has 0 aliphatic carbocycles. The number of sulfonamides is 1. The van der Waals surface area contributed by atoms with Gasteiger partial charge < -0.3 is 5.32 Å². The predicted octanol–water partition coefficient (Wildman–Crippen LogP) is 3.94. The number of benzene rings is 3. The lowest BCUT2D eigenvalue weighted by Crippen LogP contribution is -2.34. The lowest BCUT2D eigenvalue weighted by atomic mass is 10.1. The van der Waals surface area contributed by atoms with Crippen molar-refractivity contribution >= 4 is 50.3 Å². The van der Waals surface area contributed by atoms with Gasteiger partial charge in [-0.1, -0.05) is 30.3 Å². The number of thiocarbonyl (C=S) groups is 1. The van der Waals surface area contributed by atoms with Crippen LogP contribution in [-0.4, -0.2) is 30.9 Å². The second kappa shape index (κ2) is 10.2. The van der Waals surface area contributed by atoms with Crippen molar-refractivity contribution in [1.29, 1.82) is 0 Å². The summed E-state index contributed by atoms with van der Waals surface area (Å²) in [5, 5.41) is 16.2. The van der Waals surface area contributed by atoms with E-state index in [1.807, 2.05) is 6.07 Å². The van der Waals surface area contributed by atoms with E-state index >= 15 is 0 Å². The van der Waals surface area contributed by atoms with Crippen LogP contribution in [0.4, 0.5) is 17.1 Å². The highest BCUT2D eigenvalue weighted by molar-refractivity contribution is 7.92. The third-order valence-corrected chi connectivity index (χ3v) is 6.73. The maximum atomic E-state index is 13.1. The molecule has 0 saturated heterocycles. The predicted molar refractivity (Wildman–Crippen MR) is 130 cm³/mol. The zero-order valence-electron chi connectivity index (χ0n) is 17.5. The lowest BCUT2D eigenvalue weighted by Gasteiger charge is -2.23. The van der Waals surface area contributed by atoms with E-state index in [1.165, 1.54) is 52.8 Å². The van der Waals surface area contributed by atoms with Gasteiger partial charge in [0, 0.05) is 18.3 Å². The summed E-state index contributed by atoms with van der Waals surface area (Å²) in [6.45, 7) is 2.01. The van der Waals surface area contributed by atoms with Gasteiger partial charge in [0.05, 0.1) is 15.5 Å². The number of nitrogens with zero attached hydrogens (tertiary/aromatic N) is 2. The Bertz CT molecular complexity index is 1280. The Morgan fingerprint density at radius 1 is 1.00 bits per heavy atom. The number of nitro benzene ring substituents is 1. The van der Waals surface area contributed by atoms with Crippen molar-refractivity contribution in [2.24, 2.45) is 0 Å². The first-order chi connectivity index (χ1) is 15.7. The molecule has 0 radical (unpaired) electrons. The molecular formula is C22H20N4O5S2. The van der Waals surface area contributed by atoms with Gasteiger partial charge in [0.25, 0.3) is 21.6 Å². The Morgan fingerprint density at radius 3 is 2.21 bits per heavy atom. The average molecular weight is 485 g/mol. The molecule has 9 nitrogen and oxygen atoms in total. The normalized spacial score (nSPS) is 10.8. The van der Waals surface area contributed by atoms with Crippen LogP contribution >= 0.6 is 12.2 Å². The average Bonchev–Trinajstić information content (AvgIpc) is 2.80. The van der Waals surface area contributed by atoms with Gasteiger partial charge in [-0.3, -0.25) is 24.5 Å². The van der Waals surface area contributed by atoms with Gasteiger partial charge in [-0.05, 0) is 61.6 Å². The van der Waals surface area contributed by atoms with Gasteiger partial charge in [-0.15, -0.1) is 0 Å². The van der Waals surface area contributed by atoms with Crippen molar-refractivity contribution in [2.45, 2.75) is 11.8 Å². The minimum atomic E-state index is -3.78. The monoisotopic (exact) mass is 484 g/mol. The van der Waals surface area contributed by atoms with E-state index in [1.54, 1.807) is 31.2 Å². The van der Waals surface area contributed by atoms with E-state index in [2.05, 4.69) is 10.6 Å². The summed E-state index contributed by atoms with van der Waals surface area (Å²) in [5.41, 5.74) is 0.519. The molecule has 3 rings (SSSR count). The first-order valence-electron chi connectivity index (χ1n) is 9.77. The van der Waals surface area contributed by atoms with Crippen molar-refractivity contribution in [3.05, 3.63) is 94.5 Å². The van der Waals surface area contributed by atoms with Crippen LogP contribution in [0.25, 0.3) is 0 Å². The molecule has 0 fully saturated rings. The van der Waals surface area contributed by atoms with Crippen molar-refractivity contribution in [3.8, 4) is 0 Å². The number of para-hydroxylation sites is 2. The summed E-state index contributed by atoms with van der Waals surface area (Å²) in [7, 11) is -3.78. The third-order valence-electron chi connectivity index (χ3n) is 4.60. The summed E-state index contributed by atoms with van der Waals surface area (Å²) in [4.78, 5) is 22.9. The van der Waals surface area contributed by atoms with Crippen LogP contribution in [0.5, 0.6) is 0 Å². The van der Waals surface area contributed by atoms with E-state index in [4.69, 9.17) is 12.2 Å². The molecule has 1 amide bonds. The number of hydrogen-bond acceptors (Lipinski definition) is 6. The zero-order chi connectivity index (χ0) is 24.0. The summed E-state index contributed by atoms with van der Waals surface area (Å²) in [5.74, 6) is -0.736. The molecule has 170 valence electrons. The van der Waals surface area contributed by atoms with E-state index in [0.29, 0.717) is 11.4 Å². The maximum Gasteiger partial charge on any atom is 0.282 e. The number of anilines is 2. The number of carbonyl (C=O) groups is 1. The molecule has 0 saturated carbocycles. The SMILES string of the molecule is CCN(c1ccccc1)S(=O)(=O)c1ccc(NC(=S)NC(=O)c2ccccc2[N+](=O)[O-])cc1. The summed E-state index contributed by atoms with van der Waals surface area (Å²) in [6.07, 6.45) is 0. The molecular weight excluding hydrogens is 464 g/mol. The fourth-order valence-corrected chi connectivity index (χ4v) is 4.76. The molecule has 0 unspecified atom stereocenters. The molecule has 3 aromatic carbocycles. The van der Waals surface area contributed by atoms with Crippen molar-refractivity contribution < 1.29 is 18.1 Å². The summed E-state index contributed by atoms with van der Waals surface area (Å²) < 4.78 is 27.4. The summed E-state index contributed by atoms with van der Waals surface area (Å²) >= 11 is 5.11. The third kappa shape index (κ3) is 5.51. The highest BCUT2D eigenvalue weighted by Gasteiger charge is 2.23. The lowest BCUT2D eigenvalue weighted by molar-refractivity contribution is -0.385. The van der Waals surface area contributed by atoms with Crippen LogP contribution in [0.3, 0.4) is 0 Å². The zero-order valence-corrected chi connectivity index (χ0v) is 19.1. The van der Waals surface area contributed by atoms with Crippen LogP contribution in [0.15, 0.2) is 83.8 Å².